The molecule has 0 aliphatic rings. The highest BCUT2D eigenvalue weighted by atomic mass is 79.9. The van der Waals surface area contributed by atoms with E-state index >= 15 is 0 Å². The summed E-state index contributed by atoms with van der Waals surface area (Å²) in [5, 5.41) is 19.7. The summed E-state index contributed by atoms with van der Waals surface area (Å²) in [6, 6.07) is 6.29. The second-order valence-corrected chi connectivity index (χ2v) is 5.03. The van der Waals surface area contributed by atoms with Crippen molar-refractivity contribution in [2.75, 3.05) is 0 Å². The molecule has 0 saturated heterocycles. The molecule has 1 heterocycles. The quantitative estimate of drug-likeness (QED) is 0.666. The largest absolute Gasteiger partial charge is 0.477 e. The number of aromatic carboxylic acids is 1. The molecule has 0 spiro atoms. The van der Waals surface area contributed by atoms with Crippen LogP contribution in [0.5, 0.6) is 11.6 Å². The van der Waals surface area contributed by atoms with Gasteiger partial charge in [-0.05, 0) is 30.7 Å². The summed E-state index contributed by atoms with van der Waals surface area (Å²) in [7, 11) is 0. The van der Waals surface area contributed by atoms with Crippen LogP contribution in [0, 0.1) is 17.0 Å². The molecule has 1 N–H and O–H groups in total. The van der Waals surface area contributed by atoms with Crippen LogP contribution in [0.3, 0.4) is 0 Å². The Morgan fingerprint density at radius 2 is 2.14 bits per heavy atom. The summed E-state index contributed by atoms with van der Waals surface area (Å²) < 4.78 is 6.34. The Hall–Kier alpha value is -2.48. The number of hydrogen-bond donors (Lipinski definition) is 1. The van der Waals surface area contributed by atoms with E-state index in [0.29, 0.717) is 5.75 Å². The molecule has 0 amide bonds. The molecule has 0 fully saturated rings. The second-order valence-electron chi connectivity index (χ2n) is 4.11. The number of pyridine rings is 1. The van der Waals surface area contributed by atoms with Gasteiger partial charge in [0.05, 0.1) is 4.92 Å². The van der Waals surface area contributed by atoms with Crippen molar-refractivity contribution in [3.8, 4) is 11.6 Å². The van der Waals surface area contributed by atoms with Crippen LogP contribution < -0.4 is 4.74 Å². The van der Waals surface area contributed by atoms with Crippen molar-refractivity contribution in [2.24, 2.45) is 0 Å². The first-order valence-corrected chi connectivity index (χ1v) is 6.49. The molecule has 0 aliphatic heterocycles. The first-order chi connectivity index (χ1) is 9.88. The monoisotopic (exact) mass is 352 g/mol. The number of nitrogens with zero attached hydrogens (tertiary/aromatic N) is 2. The molecule has 0 bridgehead atoms. The number of nitro groups is 1. The number of carboxylic acids is 1. The molecule has 0 saturated carbocycles. The SMILES string of the molecule is Cc1cc(Br)ccc1Oc1cc(C(=O)O)c([N+](=O)[O-])cn1. The number of aryl methyl sites for hydroxylation is 1. The molecule has 0 aliphatic carbocycles. The van der Waals surface area contributed by atoms with Gasteiger partial charge in [0, 0.05) is 10.5 Å². The Labute approximate surface area is 127 Å². The number of carboxylic acid groups (broad SMARTS) is 1. The van der Waals surface area contributed by atoms with E-state index in [-0.39, 0.29) is 5.88 Å². The van der Waals surface area contributed by atoms with Gasteiger partial charge in [-0.15, -0.1) is 0 Å². The fourth-order valence-corrected chi connectivity index (χ4v) is 2.12. The Bertz CT molecular complexity index is 732. The normalized spacial score (nSPS) is 10.2. The van der Waals surface area contributed by atoms with Crippen molar-refractivity contribution in [2.45, 2.75) is 6.92 Å². The van der Waals surface area contributed by atoms with Gasteiger partial charge in [0.15, 0.2) is 0 Å². The van der Waals surface area contributed by atoms with Gasteiger partial charge >= 0.3 is 11.7 Å². The number of halogens is 1. The Kier molecular flexibility index (Phi) is 4.18. The highest BCUT2D eigenvalue weighted by molar-refractivity contribution is 9.10. The summed E-state index contributed by atoms with van der Waals surface area (Å²) in [6.07, 6.45) is 0.868. The highest BCUT2D eigenvalue weighted by Gasteiger charge is 2.21. The summed E-state index contributed by atoms with van der Waals surface area (Å²) in [5.41, 5.74) is -0.247. The van der Waals surface area contributed by atoms with E-state index in [9.17, 15) is 14.9 Å². The minimum absolute atomic E-state index is 0.0246. The molecule has 0 atom stereocenters. The van der Waals surface area contributed by atoms with Gasteiger partial charge in [-0.3, -0.25) is 10.1 Å². The summed E-state index contributed by atoms with van der Waals surface area (Å²) in [6.45, 7) is 1.81. The maximum Gasteiger partial charge on any atom is 0.342 e. The lowest BCUT2D eigenvalue weighted by atomic mass is 10.2. The van der Waals surface area contributed by atoms with Gasteiger partial charge in [0.1, 0.15) is 17.5 Å². The highest BCUT2D eigenvalue weighted by Crippen LogP contribution is 2.28. The Morgan fingerprint density at radius 3 is 2.71 bits per heavy atom. The average Bonchev–Trinajstić information content (AvgIpc) is 2.41. The molecule has 21 heavy (non-hydrogen) atoms. The van der Waals surface area contributed by atoms with Crippen molar-refractivity contribution >= 4 is 27.6 Å². The molecule has 8 heteroatoms. The van der Waals surface area contributed by atoms with Crippen LogP contribution in [0.4, 0.5) is 5.69 Å². The third-order valence-corrected chi connectivity index (χ3v) is 3.13. The Balaban J connectivity index is 2.39. The van der Waals surface area contributed by atoms with Crippen molar-refractivity contribution in [3.05, 3.63) is 56.2 Å². The molecule has 2 rings (SSSR count). The van der Waals surface area contributed by atoms with Crippen molar-refractivity contribution < 1.29 is 19.6 Å². The average molecular weight is 353 g/mol. The van der Waals surface area contributed by atoms with E-state index in [1.165, 1.54) is 0 Å². The second kappa shape index (κ2) is 5.88. The van der Waals surface area contributed by atoms with Gasteiger partial charge in [-0.25, -0.2) is 9.78 Å². The molecule has 0 radical (unpaired) electrons. The van der Waals surface area contributed by atoms with Crippen LogP contribution >= 0.6 is 15.9 Å². The summed E-state index contributed by atoms with van der Waals surface area (Å²) in [4.78, 5) is 24.8. The smallest absolute Gasteiger partial charge is 0.342 e. The molecule has 0 unspecified atom stereocenters. The van der Waals surface area contributed by atoms with Crippen molar-refractivity contribution in [1.29, 1.82) is 0 Å². The number of rotatable bonds is 4. The van der Waals surface area contributed by atoms with Gasteiger partial charge in [0.25, 0.3) is 0 Å². The van der Waals surface area contributed by atoms with Crippen LogP contribution in [0.2, 0.25) is 0 Å². The first-order valence-electron chi connectivity index (χ1n) is 5.70. The first kappa shape index (κ1) is 14.9. The van der Waals surface area contributed by atoms with E-state index in [1.807, 2.05) is 13.0 Å². The van der Waals surface area contributed by atoms with Crippen LogP contribution in [0.25, 0.3) is 0 Å². The molecule has 7 nitrogen and oxygen atoms in total. The third-order valence-electron chi connectivity index (χ3n) is 2.64. The number of carbonyl (C=O) groups is 1. The fourth-order valence-electron chi connectivity index (χ4n) is 1.64. The fraction of sp³-hybridized carbons (Fsp3) is 0.0769. The van der Waals surface area contributed by atoms with Crippen LogP contribution in [-0.2, 0) is 0 Å². The molecule has 2 aromatic rings. The molecular weight excluding hydrogens is 344 g/mol. The number of ether oxygens (including phenoxy) is 1. The zero-order valence-electron chi connectivity index (χ0n) is 10.7. The van der Waals surface area contributed by atoms with E-state index in [2.05, 4.69) is 20.9 Å². The maximum absolute atomic E-state index is 11.0. The lowest BCUT2D eigenvalue weighted by Gasteiger charge is -2.08. The lowest BCUT2D eigenvalue weighted by Crippen LogP contribution is -2.04. The third kappa shape index (κ3) is 3.34. The van der Waals surface area contributed by atoms with Gasteiger partial charge in [-0.2, -0.15) is 0 Å². The van der Waals surface area contributed by atoms with Crippen LogP contribution in [-0.4, -0.2) is 21.0 Å². The molecular formula is C13H9BrN2O5. The van der Waals surface area contributed by atoms with E-state index in [0.717, 1.165) is 22.3 Å². The van der Waals surface area contributed by atoms with Crippen molar-refractivity contribution in [1.82, 2.24) is 4.98 Å². The van der Waals surface area contributed by atoms with E-state index in [4.69, 9.17) is 9.84 Å². The van der Waals surface area contributed by atoms with Gasteiger partial charge < -0.3 is 9.84 Å². The molecule has 1 aromatic carbocycles. The van der Waals surface area contributed by atoms with E-state index < -0.39 is 22.1 Å². The van der Waals surface area contributed by atoms with Gasteiger partial charge in [0.2, 0.25) is 5.88 Å². The predicted octanol–water partition coefficient (Wildman–Crippen LogP) is 3.55. The molecule has 1 aromatic heterocycles. The minimum atomic E-state index is -1.42. The molecule has 108 valence electrons. The van der Waals surface area contributed by atoms with Crippen LogP contribution in [0.1, 0.15) is 15.9 Å². The maximum atomic E-state index is 11.0. The Morgan fingerprint density at radius 1 is 1.43 bits per heavy atom. The van der Waals surface area contributed by atoms with Crippen LogP contribution in [0.15, 0.2) is 34.9 Å². The summed E-state index contributed by atoms with van der Waals surface area (Å²) in [5.74, 6) is -0.958. The lowest BCUT2D eigenvalue weighted by molar-refractivity contribution is -0.385. The standard InChI is InChI=1S/C13H9BrN2O5/c1-7-4-8(14)2-3-11(7)21-12-5-9(13(17)18)10(6-15-12)16(19)20/h2-6H,1H3,(H,17,18). The predicted molar refractivity (Wildman–Crippen MR) is 76.8 cm³/mol. The van der Waals surface area contributed by atoms with Gasteiger partial charge in [-0.1, -0.05) is 15.9 Å². The number of benzene rings is 1. The van der Waals surface area contributed by atoms with E-state index in [1.54, 1.807) is 12.1 Å². The summed E-state index contributed by atoms with van der Waals surface area (Å²) >= 11 is 3.31. The topological polar surface area (TPSA) is 103 Å². The number of aromatic nitrogens is 1. The minimum Gasteiger partial charge on any atom is -0.477 e. The number of hydrogen-bond acceptors (Lipinski definition) is 5. The zero-order chi connectivity index (χ0) is 15.6. The van der Waals surface area contributed by atoms with Crippen molar-refractivity contribution in [3.63, 3.8) is 0 Å². The zero-order valence-corrected chi connectivity index (χ0v) is 12.3.